The second-order valence-electron chi connectivity index (χ2n) is 4.48. The van der Waals surface area contributed by atoms with Gasteiger partial charge >= 0.3 is 0 Å². The van der Waals surface area contributed by atoms with E-state index in [0.717, 1.165) is 28.9 Å². The summed E-state index contributed by atoms with van der Waals surface area (Å²) in [6.45, 7) is 1.38. The molecule has 1 aromatic carbocycles. The van der Waals surface area contributed by atoms with Gasteiger partial charge < -0.3 is 10.5 Å². The van der Waals surface area contributed by atoms with Crippen LogP contribution in [0.25, 0.3) is 0 Å². The fraction of sp³-hybridized carbons (Fsp3) is 0.571. The minimum atomic E-state index is 0.577. The first-order valence-corrected chi connectivity index (χ1v) is 7.47. The summed E-state index contributed by atoms with van der Waals surface area (Å²) in [6.07, 6.45) is 5.62. The lowest BCUT2D eigenvalue weighted by Gasteiger charge is -2.10. The highest BCUT2D eigenvalue weighted by atomic mass is 32.2. The predicted molar refractivity (Wildman–Crippen MR) is 74.5 cm³/mol. The standard InChI is InChI=1S/C14H21NOS/c15-11-12-4-3-5-13(10-12)16-8-9-17-14-6-1-2-7-14/h3-5,10,14H,1-2,6-9,11,15H2. The van der Waals surface area contributed by atoms with Crippen LogP contribution in [0.4, 0.5) is 0 Å². The molecule has 1 aliphatic rings. The van der Waals surface area contributed by atoms with Crippen molar-refractivity contribution in [1.29, 1.82) is 0 Å². The van der Waals surface area contributed by atoms with Crippen LogP contribution in [0, 0.1) is 0 Å². The van der Waals surface area contributed by atoms with Crippen LogP contribution in [-0.2, 0) is 6.54 Å². The van der Waals surface area contributed by atoms with E-state index in [1.807, 2.05) is 24.3 Å². The topological polar surface area (TPSA) is 35.2 Å². The summed E-state index contributed by atoms with van der Waals surface area (Å²) in [6, 6.07) is 8.06. The Bertz CT molecular complexity index is 337. The highest BCUT2D eigenvalue weighted by Crippen LogP contribution is 2.29. The Labute approximate surface area is 108 Å². The van der Waals surface area contributed by atoms with Crippen molar-refractivity contribution in [3.63, 3.8) is 0 Å². The summed E-state index contributed by atoms with van der Waals surface area (Å²) in [5.74, 6) is 2.04. The first-order valence-electron chi connectivity index (χ1n) is 6.42. The molecular formula is C14H21NOS. The van der Waals surface area contributed by atoms with Gasteiger partial charge in [0.2, 0.25) is 0 Å². The third-order valence-electron chi connectivity index (χ3n) is 3.14. The van der Waals surface area contributed by atoms with Gasteiger partial charge in [-0.25, -0.2) is 0 Å². The predicted octanol–water partition coefficient (Wildman–Crippen LogP) is 3.20. The molecule has 1 aliphatic carbocycles. The van der Waals surface area contributed by atoms with E-state index in [-0.39, 0.29) is 0 Å². The van der Waals surface area contributed by atoms with Gasteiger partial charge in [-0.15, -0.1) is 0 Å². The molecule has 1 saturated carbocycles. The van der Waals surface area contributed by atoms with Gasteiger partial charge in [0, 0.05) is 17.5 Å². The van der Waals surface area contributed by atoms with Gasteiger partial charge in [-0.05, 0) is 30.5 Å². The molecule has 0 aliphatic heterocycles. The van der Waals surface area contributed by atoms with E-state index in [4.69, 9.17) is 10.5 Å². The lowest BCUT2D eigenvalue weighted by atomic mass is 10.2. The highest BCUT2D eigenvalue weighted by molar-refractivity contribution is 7.99. The molecule has 1 aromatic rings. The number of hydrogen-bond acceptors (Lipinski definition) is 3. The molecule has 0 bridgehead atoms. The van der Waals surface area contributed by atoms with Crippen molar-refractivity contribution in [3.8, 4) is 5.75 Å². The third-order valence-corrected chi connectivity index (χ3v) is 4.49. The van der Waals surface area contributed by atoms with Crippen molar-refractivity contribution in [2.24, 2.45) is 5.73 Å². The van der Waals surface area contributed by atoms with Gasteiger partial charge in [-0.2, -0.15) is 11.8 Å². The van der Waals surface area contributed by atoms with Crippen molar-refractivity contribution in [3.05, 3.63) is 29.8 Å². The molecule has 17 heavy (non-hydrogen) atoms. The maximum absolute atomic E-state index is 5.73. The molecule has 2 rings (SSSR count). The maximum atomic E-state index is 5.73. The zero-order valence-electron chi connectivity index (χ0n) is 10.2. The largest absolute Gasteiger partial charge is 0.493 e. The molecule has 0 heterocycles. The van der Waals surface area contributed by atoms with Crippen LogP contribution in [-0.4, -0.2) is 17.6 Å². The Morgan fingerprint density at radius 1 is 1.29 bits per heavy atom. The van der Waals surface area contributed by atoms with E-state index in [2.05, 4.69) is 11.8 Å². The Morgan fingerprint density at radius 2 is 2.12 bits per heavy atom. The van der Waals surface area contributed by atoms with Gasteiger partial charge in [-0.1, -0.05) is 25.0 Å². The smallest absolute Gasteiger partial charge is 0.119 e. The van der Waals surface area contributed by atoms with Gasteiger partial charge in [0.15, 0.2) is 0 Å². The van der Waals surface area contributed by atoms with Crippen LogP contribution < -0.4 is 10.5 Å². The minimum Gasteiger partial charge on any atom is -0.493 e. The normalized spacial score (nSPS) is 16.3. The molecule has 1 fully saturated rings. The SMILES string of the molecule is NCc1cccc(OCCSC2CCCC2)c1. The number of rotatable bonds is 6. The number of thioether (sulfide) groups is 1. The fourth-order valence-corrected chi connectivity index (χ4v) is 3.37. The monoisotopic (exact) mass is 251 g/mol. The number of hydrogen-bond donors (Lipinski definition) is 1. The van der Waals surface area contributed by atoms with E-state index in [1.165, 1.54) is 25.7 Å². The van der Waals surface area contributed by atoms with E-state index in [0.29, 0.717) is 6.54 Å². The first-order chi connectivity index (χ1) is 8.38. The first kappa shape index (κ1) is 12.8. The Morgan fingerprint density at radius 3 is 2.88 bits per heavy atom. The van der Waals surface area contributed by atoms with Gasteiger partial charge in [0.05, 0.1) is 6.61 Å². The highest BCUT2D eigenvalue weighted by Gasteiger charge is 2.14. The summed E-state index contributed by atoms with van der Waals surface area (Å²) in [4.78, 5) is 0. The van der Waals surface area contributed by atoms with Crippen LogP contribution >= 0.6 is 11.8 Å². The van der Waals surface area contributed by atoms with E-state index < -0.39 is 0 Å². The van der Waals surface area contributed by atoms with E-state index in [1.54, 1.807) is 0 Å². The lowest BCUT2D eigenvalue weighted by molar-refractivity contribution is 0.343. The molecule has 0 radical (unpaired) electrons. The maximum Gasteiger partial charge on any atom is 0.119 e. The van der Waals surface area contributed by atoms with Crippen molar-refractivity contribution in [2.45, 2.75) is 37.5 Å². The van der Waals surface area contributed by atoms with E-state index >= 15 is 0 Å². The second kappa shape index (κ2) is 6.92. The second-order valence-corrected chi connectivity index (χ2v) is 5.89. The molecule has 0 aromatic heterocycles. The summed E-state index contributed by atoms with van der Waals surface area (Å²) in [5.41, 5.74) is 6.73. The zero-order chi connectivity index (χ0) is 11.9. The van der Waals surface area contributed by atoms with E-state index in [9.17, 15) is 0 Å². The molecule has 94 valence electrons. The van der Waals surface area contributed by atoms with Crippen LogP contribution in [0.3, 0.4) is 0 Å². The van der Waals surface area contributed by atoms with Gasteiger partial charge in [-0.3, -0.25) is 0 Å². The number of benzene rings is 1. The van der Waals surface area contributed by atoms with Crippen molar-refractivity contribution >= 4 is 11.8 Å². The molecule has 3 heteroatoms. The van der Waals surface area contributed by atoms with Crippen molar-refractivity contribution < 1.29 is 4.74 Å². The molecule has 2 nitrogen and oxygen atoms in total. The molecular weight excluding hydrogens is 230 g/mol. The van der Waals surface area contributed by atoms with Crippen LogP contribution in [0.2, 0.25) is 0 Å². The summed E-state index contributed by atoms with van der Waals surface area (Å²) < 4.78 is 5.73. The van der Waals surface area contributed by atoms with Crippen LogP contribution in [0.1, 0.15) is 31.2 Å². The van der Waals surface area contributed by atoms with Gasteiger partial charge in [0.1, 0.15) is 5.75 Å². The summed E-state index contributed by atoms with van der Waals surface area (Å²) >= 11 is 2.06. The van der Waals surface area contributed by atoms with Crippen LogP contribution in [0.15, 0.2) is 24.3 Å². The number of ether oxygens (including phenoxy) is 1. The quantitative estimate of drug-likeness (QED) is 0.789. The summed E-state index contributed by atoms with van der Waals surface area (Å²) in [5, 5.41) is 0.883. The fourth-order valence-electron chi connectivity index (χ4n) is 2.19. The van der Waals surface area contributed by atoms with Crippen LogP contribution in [0.5, 0.6) is 5.75 Å². The Kier molecular flexibility index (Phi) is 5.20. The Balaban J connectivity index is 1.66. The molecule has 0 saturated heterocycles. The summed E-state index contributed by atoms with van der Waals surface area (Å²) in [7, 11) is 0. The molecule has 0 amide bonds. The zero-order valence-corrected chi connectivity index (χ0v) is 11.0. The average molecular weight is 251 g/mol. The molecule has 0 unspecified atom stereocenters. The third kappa shape index (κ3) is 4.25. The van der Waals surface area contributed by atoms with Gasteiger partial charge in [0.25, 0.3) is 0 Å². The lowest BCUT2D eigenvalue weighted by Crippen LogP contribution is -2.05. The molecule has 0 atom stereocenters. The van der Waals surface area contributed by atoms with Crippen molar-refractivity contribution in [2.75, 3.05) is 12.4 Å². The van der Waals surface area contributed by atoms with Crippen molar-refractivity contribution in [1.82, 2.24) is 0 Å². The average Bonchev–Trinajstić information content (AvgIpc) is 2.88. The number of nitrogens with two attached hydrogens (primary N) is 1. The molecule has 0 spiro atoms. The Hall–Kier alpha value is -0.670. The molecule has 2 N–H and O–H groups in total. The minimum absolute atomic E-state index is 0.577.